The highest BCUT2D eigenvalue weighted by atomic mass is 35.5. The van der Waals surface area contributed by atoms with E-state index in [1.54, 1.807) is 0 Å². The minimum absolute atomic E-state index is 0.557. The number of alkyl halides is 3. The Morgan fingerprint density at radius 3 is 1.82 bits per heavy atom. The third-order valence-electron chi connectivity index (χ3n) is 0.326. The molecule has 0 heterocycles. The maximum atomic E-state index is 9.71. The Kier molecular flexibility index (Phi) is 13.7. The number of hydrogen-bond acceptors (Lipinski definition) is 2. The second-order valence-corrected chi connectivity index (χ2v) is 2.96. The van der Waals surface area contributed by atoms with Crippen LogP contribution in [-0.2, 0) is 4.74 Å². The maximum absolute atomic E-state index is 9.71. The van der Waals surface area contributed by atoms with Crippen molar-refractivity contribution in [2.24, 2.45) is 0 Å². The van der Waals surface area contributed by atoms with E-state index in [1.807, 2.05) is 0 Å². The zero-order chi connectivity index (χ0) is 9.28. The van der Waals surface area contributed by atoms with Crippen molar-refractivity contribution in [1.82, 2.24) is 0 Å². The molecule has 0 aromatic carbocycles. The van der Waals surface area contributed by atoms with Gasteiger partial charge in [-0.25, -0.2) is 4.79 Å². The largest absolute Gasteiger partial charge is 0.434 e. The molecule has 0 aliphatic rings. The van der Waals surface area contributed by atoms with E-state index in [1.165, 1.54) is 6.92 Å². The lowest BCUT2D eigenvalue weighted by Gasteiger charge is -1.97. The van der Waals surface area contributed by atoms with Crippen LogP contribution in [-0.4, -0.2) is 22.8 Å². The molecule has 2 nitrogen and oxygen atoms in total. The first-order valence-corrected chi connectivity index (χ1v) is 4.55. The van der Waals surface area contributed by atoms with Crippen molar-refractivity contribution >= 4 is 51.8 Å². The number of carbonyl (C=O) groups is 1. The topological polar surface area (TPSA) is 26.3 Å². The molecule has 11 heavy (non-hydrogen) atoms. The van der Waals surface area contributed by atoms with Crippen LogP contribution in [0.2, 0.25) is 0 Å². The molecule has 0 saturated heterocycles. The molecule has 1 unspecified atom stereocenters. The normalized spacial score (nSPS) is 11.0. The standard InChI is InChI=1S/C3H4Cl2O2.C2H4Cl2/c1-2(4)7-3(5)6;3-1-2-4/h2H,1H3;1-2H2. The van der Waals surface area contributed by atoms with Gasteiger partial charge in [0.15, 0.2) is 5.56 Å². The van der Waals surface area contributed by atoms with Gasteiger partial charge < -0.3 is 4.74 Å². The zero-order valence-corrected chi connectivity index (χ0v) is 8.84. The minimum atomic E-state index is -0.873. The molecule has 0 aliphatic heterocycles. The molecule has 0 aromatic heterocycles. The van der Waals surface area contributed by atoms with Gasteiger partial charge in [0.1, 0.15) is 0 Å². The van der Waals surface area contributed by atoms with Crippen LogP contribution in [0.25, 0.3) is 0 Å². The Morgan fingerprint density at radius 1 is 1.45 bits per heavy atom. The molecule has 68 valence electrons. The van der Waals surface area contributed by atoms with Gasteiger partial charge in [0.05, 0.1) is 0 Å². The second-order valence-electron chi connectivity index (χ2n) is 1.28. The zero-order valence-electron chi connectivity index (χ0n) is 5.82. The number of rotatable bonds is 2. The summed E-state index contributed by atoms with van der Waals surface area (Å²) in [7, 11) is 0. The summed E-state index contributed by atoms with van der Waals surface area (Å²) in [6, 6.07) is 0. The fourth-order valence-electron chi connectivity index (χ4n) is 0.128. The van der Waals surface area contributed by atoms with Crippen LogP contribution in [0.4, 0.5) is 4.79 Å². The first-order chi connectivity index (χ1) is 5.04. The smallest absolute Gasteiger partial charge is 0.405 e. The Bertz CT molecular complexity index is 94.5. The van der Waals surface area contributed by atoms with Gasteiger partial charge in [0.2, 0.25) is 0 Å². The van der Waals surface area contributed by atoms with Crippen LogP contribution < -0.4 is 0 Å². The van der Waals surface area contributed by atoms with Gasteiger partial charge >= 0.3 is 5.43 Å². The summed E-state index contributed by atoms with van der Waals surface area (Å²) in [5.74, 6) is 1.11. The predicted octanol–water partition coefficient (Wildman–Crippen LogP) is 3.41. The third kappa shape index (κ3) is 25.0. The summed E-state index contributed by atoms with van der Waals surface area (Å²) in [5.41, 5.74) is -1.51. The lowest BCUT2D eigenvalue weighted by Crippen LogP contribution is -1.99. The molecule has 0 amide bonds. The first kappa shape index (κ1) is 14.2. The Hall–Kier alpha value is 0.630. The average Bonchev–Trinajstić information content (AvgIpc) is 1.85. The van der Waals surface area contributed by atoms with Crippen LogP contribution in [0.15, 0.2) is 0 Å². The molecule has 0 N–H and O–H groups in total. The van der Waals surface area contributed by atoms with Crippen molar-refractivity contribution in [3.63, 3.8) is 0 Å². The van der Waals surface area contributed by atoms with E-state index in [9.17, 15) is 4.79 Å². The Balaban J connectivity index is 0. The highest BCUT2D eigenvalue weighted by molar-refractivity contribution is 6.61. The van der Waals surface area contributed by atoms with Crippen molar-refractivity contribution in [3.8, 4) is 0 Å². The van der Waals surface area contributed by atoms with E-state index in [4.69, 9.17) is 46.4 Å². The maximum Gasteiger partial charge on any atom is 0.405 e. The molecule has 0 spiro atoms. The highest BCUT2D eigenvalue weighted by Crippen LogP contribution is 1.98. The van der Waals surface area contributed by atoms with Crippen molar-refractivity contribution in [1.29, 1.82) is 0 Å². The van der Waals surface area contributed by atoms with Gasteiger partial charge in [-0.2, -0.15) is 0 Å². The van der Waals surface area contributed by atoms with Gasteiger partial charge in [-0.05, 0) is 6.92 Å². The minimum Gasteiger partial charge on any atom is -0.434 e. The van der Waals surface area contributed by atoms with Crippen LogP contribution in [0.3, 0.4) is 0 Å². The molecule has 0 aromatic rings. The predicted molar refractivity (Wildman–Crippen MR) is 49.1 cm³/mol. The number of hydrogen-bond donors (Lipinski definition) is 0. The van der Waals surface area contributed by atoms with Crippen LogP contribution in [0, 0.1) is 0 Å². The third-order valence-corrected chi connectivity index (χ3v) is 1.08. The second kappa shape index (κ2) is 10.6. The average molecular weight is 242 g/mol. The first-order valence-electron chi connectivity index (χ1n) is 2.66. The fourth-order valence-corrected chi connectivity index (χ4v) is 0.388. The van der Waals surface area contributed by atoms with Crippen LogP contribution in [0.1, 0.15) is 6.92 Å². The Morgan fingerprint density at radius 2 is 1.82 bits per heavy atom. The van der Waals surface area contributed by atoms with E-state index >= 15 is 0 Å². The molecule has 0 bridgehead atoms. The van der Waals surface area contributed by atoms with E-state index in [0.29, 0.717) is 11.8 Å². The summed E-state index contributed by atoms with van der Waals surface area (Å²) < 4.78 is 4.14. The summed E-state index contributed by atoms with van der Waals surface area (Å²) in [6.07, 6.45) is 0. The molecule has 1 atom stereocenters. The van der Waals surface area contributed by atoms with Gasteiger partial charge in [0.25, 0.3) is 0 Å². The molecular formula is C5H8Cl4O2. The van der Waals surface area contributed by atoms with E-state index < -0.39 is 11.0 Å². The molecule has 0 fully saturated rings. The SMILES string of the molecule is CC(Cl)OC(=O)Cl.ClCCCl. The van der Waals surface area contributed by atoms with Crippen LogP contribution >= 0.6 is 46.4 Å². The lowest BCUT2D eigenvalue weighted by atomic mass is 10.9. The monoisotopic (exact) mass is 240 g/mol. The van der Waals surface area contributed by atoms with Crippen molar-refractivity contribution in [2.75, 3.05) is 11.8 Å². The number of halogens is 4. The van der Waals surface area contributed by atoms with E-state index in [0.717, 1.165) is 0 Å². The summed E-state index contributed by atoms with van der Waals surface area (Å²) in [6.45, 7) is 1.50. The van der Waals surface area contributed by atoms with Gasteiger partial charge in [-0.1, -0.05) is 11.6 Å². The molecule has 0 aliphatic carbocycles. The fraction of sp³-hybridized carbons (Fsp3) is 0.800. The lowest BCUT2D eigenvalue weighted by molar-refractivity contribution is 0.166. The van der Waals surface area contributed by atoms with Gasteiger partial charge in [0, 0.05) is 23.4 Å². The summed E-state index contributed by atoms with van der Waals surface area (Å²) in [5, 5.41) is 0. The van der Waals surface area contributed by atoms with E-state index in [2.05, 4.69) is 4.74 Å². The Labute approximate surface area is 85.7 Å². The molecular weight excluding hydrogens is 234 g/mol. The molecule has 0 rings (SSSR count). The summed E-state index contributed by atoms with van der Waals surface area (Å²) >= 11 is 20.0. The number of ether oxygens (including phenoxy) is 1. The van der Waals surface area contributed by atoms with E-state index in [-0.39, 0.29) is 0 Å². The number of carbonyl (C=O) groups excluding carboxylic acids is 1. The van der Waals surface area contributed by atoms with Gasteiger partial charge in [-0.3, -0.25) is 0 Å². The van der Waals surface area contributed by atoms with Crippen molar-refractivity contribution in [2.45, 2.75) is 12.5 Å². The quantitative estimate of drug-likeness (QED) is 0.547. The highest BCUT2D eigenvalue weighted by Gasteiger charge is 1.98. The molecule has 0 saturated carbocycles. The van der Waals surface area contributed by atoms with Crippen LogP contribution in [0.5, 0.6) is 0 Å². The molecule has 6 heteroatoms. The van der Waals surface area contributed by atoms with Gasteiger partial charge in [-0.15, -0.1) is 23.2 Å². The van der Waals surface area contributed by atoms with Crippen molar-refractivity contribution in [3.05, 3.63) is 0 Å². The van der Waals surface area contributed by atoms with Crippen molar-refractivity contribution < 1.29 is 9.53 Å². The molecule has 0 radical (unpaired) electrons. The summed E-state index contributed by atoms with van der Waals surface area (Å²) in [4.78, 5) is 9.71.